The van der Waals surface area contributed by atoms with Crippen molar-refractivity contribution < 1.29 is 54.6 Å². The van der Waals surface area contributed by atoms with Crippen LogP contribution >= 0.6 is 0 Å². The van der Waals surface area contributed by atoms with Crippen LogP contribution in [0.2, 0.25) is 0 Å². The maximum absolute atomic E-state index is 13.0. The zero-order chi connectivity index (χ0) is 25.4. The fraction of sp³-hybridized carbons (Fsp3) is 0.200. The largest absolute Gasteiger partial charge is 0.534 e. The van der Waals surface area contributed by atoms with Crippen molar-refractivity contribution in [2.75, 3.05) is 13.9 Å². The van der Waals surface area contributed by atoms with Crippen molar-refractivity contribution in [3.05, 3.63) is 53.7 Å². The molecule has 0 spiro atoms. The maximum Gasteiger partial charge on any atom is 0.534 e. The topological polar surface area (TPSA) is 135 Å². The number of carboxylic acid groups (broad SMARTS) is 1. The predicted molar refractivity (Wildman–Crippen MR) is 110 cm³/mol. The summed E-state index contributed by atoms with van der Waals surface area (Å²) in [5, 5.41) is 13.5. The van der Waals surface area contributed by atoms with E-state index in [-0.39, 0.29) is 24.8 Å². The van der Waals surface area contributed by atoms with E-state index < -0.39 is 38.9 Å². The monoisotopic (exact) mass is 516 g/mol. The minimum Gasteiger partial charge on any atom is -0.497 e. The molecule has 0 saturated heterocycles. The molecule has 186 valence electrons. The fourth-order valence-electron chi connectivity index (χ4n) is 3.05. The smallest absolute Gasteiger partial charge is 0.497 e. The molecule has 3 aromatic rings. The van der Waals surface area contributed by atoms with Gasteiger partial charge in [0.25, 0.3) is 5.88 Å². The van der Waals surface area contributed by atoms with Crippen molar-refractivity contribution >= 4 is 16.1 Å². The SMILES string of the molecule is COc1cccc(Cn2nc(OS(=O)(=O)C(F)(F)F)c(Oc3ccc4c(c3)OCO4)c2C(=O)O)c1. The summed E-state index contributed by atoms with van der Waals surface area (Å²) >= 11 is 0. The van der Waals surface area contributed by atoms with E-state index in [9.17, 15) is 31.5 Å². The summed E-state index contributed by atoms with van der Waals surface area (Å²) in [5.74, 6) is -2.89. The van der Waals surface area contributed by atoms with Gasteiger partial charge in [-0.3, -0.25) is 0 Å². The Bertz CT molecular complexity index is 1390. The highest BCUT2D eigenvalue weighted by atomic mass is 32.2. The summed E-state index contributed by atoms with van der Waals surface area (Å²) in [6, 6.07) is 10.3. The second-order valence-electron chi connectivity index (χ2n) is 6.90. The third-order valence-electron chi connectivity index (χ3n) is 4.58. The standard InChI is InChI=1S/C20H15F3N2O9S/c1-30-12-4-2-3-11(7-12)9-25-16(19(26)27)17(18(24-25)34-35(28,29)20(21,22)23)33-13-5-6-14-15(8-13)32-10-31-14/h2-8H,9-10H2,1H3,(H,26,27). The Balaban J connectivity index is 1.81. The molecule has 11 nitrogen and oxygen atoms in total. The summed E-state index contributed by atoms with van der Waals surface area (Å²) in [6.07, 6.45) is 0. The van der Waals surface area contributed by atoms with Gasteiger partial charge in [0, 0.05) is 6.07 Å². The third kappa shape index (κ3) is 4.89. The summed E-state index contributed by atoms with van der Waals surface area (Å²) in [6.45, 7) is -0.387. The molecule has 2 aromatic carbocycles. The Hall–Kier alpha value is -4.14. The zero-order valence-electron chi connectivity index (χ0n) is 17.6. The number of hydrogen-bond acceptors (Lipinski definition) is 9. The second-order valence-corrected chi connectivity index (χ2v) is 8.44. The number of benzene rings is 2. The van der Waals surface area contributed by atoms with Crippen molar-refractivity contribution in [3.63, 3.8) is 0 Å². The van der Waals surface area contributed by atoms with Crippen molar-refractivity contribution in [3.8, 4) is 34.6 Å². The minimum absolute atomic E-state index is 0.0875. The average Bonchev–Trinajstić information content (AvgIpc) is 3.37. The molecular formula is C20H15F3N2O9S. The van der Waals surface area contributed by atoms with E-state index in [0.717, 1.165) is 4.68 Å². The van der Waals surface area contributed by atoms with Crippen LogP contribution in [0.25, 0.3) is 0 Å². The summed E-state index contributed by atoms with van der Waals surface area (Å²) < 4.78 is 88.1. The zero-order valence-corrected chi connectivity index (χ0v) is 18.4. The summed E-state index contributed by atoms with van der Waals surface area (Å²) in [7, 11) is -4.80. The molecule has 0 radical (unpaired) electrons. The molecule has 1 N–H and O–H groups in total. The van der Waals surface area contributed by atoms with E-state index >= 15 is 0 Å². The van der Waals surface area contributed by atoms with Gasteiger partial charge < -0.3 is 28.2 Å². The highest BCUT2D eigenvalue weighted by Crippen LogP contribution is 2.41. The van der Waals surface area contributed by atoms with Crippen LogP contribution in [0.4, 0.5) is 13.2 Å². The molecule has 15 heteroatoms. The van der Waals surface area contributed by atoms with Gasteiger partial charge in [-0.05, 0) is 29.8 Å². The first-order chi connectivity index (χ1) is 16.5. The fourth-order valence-corrected chi connectivity index (χ4v) is 3.46. The number of carbonyl (C=O) groups is 1. The van der Waals surface area contributed by atoms with Crippen molar-refractivity contribution in [2.45, 2.75) is 12.1 Å². The first-order valence-corrected chi connectivity index (χ1v) is 10.9. The Kier molecular flexibility index (Phi) is 6.10. The number of fused-ring (bicyclic) bond motifs is 1. The Morgan fingerprint density at radius 1 is 1.14 bits per heavy atom. The number of methoxy groups -OCH3 is 1. The van der Waals surface area contributed by atoms with Crippen LogP contribution < -0.4 is 23.1 Å². The lowest BCUT2D eigenvalue weighted by Crippen LogP contribution is -2.28. The minimum atomic E-state index is -6.20. The first kappa shape index (κ1) is 24.0. The molecule has 1 aliphatic heterocycles. The molecule has 0 aliphatic carbocycles. The molecule has 0 fully saturated rings. The van der Waals surface area contributed by atoms with Gasteiger partial charge in [0.2, 0.25) is 12.5 Å². The van der Waals surface area contributed by atoms with Crippen LogP contribution in [0.3, 0.4) is 0 Å². The number of ether oxygens (including phenoxy) is 4. The summed E-state index contributed by atoms with van der Waals surface area (Å²) in [5.41, 5.74) is -6.13. The number of hydrogen-bond donors (Lipinski definition) is 1. The van der Waals surface area contributed by atoms with Crippen molar-refractivity contribution in [1.29, 1.82) is 0 Å². The van der Waals surface area contributed by atoms with E-state index in [2.05, 4.69) is 9.28 Å². The van der Waals surface area contributed by atoms with Gasteiger partial charge in [0.05, 0.1) is 13.7 Å². The van der Waals surface area contributed by atoms with E-state index in [1.165, 1.54) is 31.4 Å². The highest BCUT2D eigenvalue weighted by Gasteiger charge is 2.50. The average molecular weight is 516 g/mol. The molecule has 2 heterocycles. The Morgan fingerprint density at radius 3 is 2.57 bits per heavy atom. The van der Waals surface area contributed by atoms with Crippen LogP contribution in [0.1, 0.15) is 16.1 Å². The Labute approximate surface area is 195 Å². The lowest BCUT2D eigenvalue weighted by atomic mass is 10.2. The molecule has 4 rings (SSSR count). The first-order valence-electron chi connectivity index (χ1n) is 9.54. The maximum atomic E-state index is 13.0. The molecule has 0 amide bonds. The number of alkyl halides is 3. The molecule has 0 saturated carbocycles. The van der Waals surface area contributed by atoms with E-state index in [4.69, 9.17) is 18.9 Å². The quantitative estimate of drug-likeness (QED) is 0.351. The molecule has 1 aromatic heterocycles. The summed E-state index contributed by atoms with van der Waals surface area (Å²) in [4.78, 5) is 12.1. The van der Waals surface area contributed by atoms with Gasteiger partial charge in [0.1, 0.15) is 11.5 Å². The van der Waals surface area contributed by atoms with Crippen LogP contribution in [0.15, 0.2) is 42.5 Å². The number of carboxylic acids is 1. The molecular weight excluding hydrogens is 501 g/mol. The number of halogens is 3. The van der Waals surface area contributed by atoms with E-state index in [0.29, 0.717) is 17.1 Å². The van der Waals surface area contributed by atoms with Gasteiger partial charge in [0.15, 0.2) is 17.2 Å². The number of nitrogens with zero attached hydrogens (tertiary/aromatic N) is 2. The lowest BCUT2D eigenvalue weighted by molar-refractivity contribution is -0.0501. The number of rotatable bonds is 8. The molecule has 0 atom stereocenters. The van der Waals surface area contributed by atoms with Gasteiger partial charge >= 0.3 is 21.6 Å². The Morgan fingerprint density at radius 2 is 1.89 bits per heavy atom. The van der Waals surface area contributed by atoms with Crippen molar-refractivity contribution in [2.24, 2.45) is 0 Å². The van der Waals surface area contributed by atoms with E-state index in [1.807, 2.05) is 0 Å². The van der Waals surface area contributed by atoms with E-state index in [1.54, 1.807) is 18.2 Å². The van der Waals surface area contributed by atoms with Crippen LogP contribution in [0.5, 0.6) is 34.6 Å². The molecule has 1 aliphatic rings. The van der Waals surface area contributed by atoms with Gasteiger partial charge in [-0.15, -0.1) is 5.10 Å². The normalized spacial score (nSPS) is 12.9. The number of aromatic nitrogens is 2. The molecule has 35 heavy (non-hydrogen) atoms. The second kappa shape index (κ2) is 8.90. The van der Waals surface area contributed by atoms with Crippen LogP contribution in [0, 0.1) is 0 Å². The highest BCUT2D eigenvalue weighted by molar-refractivity contribution is 7.88. The van der Waals surface area contributed by atoms with Gasteiger partial charge in [-0.25, -0.2) is 9.48 Å². The molecule has 0 bridgehead atoms. The van der Waals surface area contributed by atoms with Crippen LogP contribution in [-0.4, -0.2) is 48.7 Å². The van der Waals surface area contributed by atoms with Gasteiger partial charge in [-0.2, -0.15) is 21.6 Å². The lowest BCUT2D eigenvalue weighted by Gasteiger charge is -2.10. The number of aromatic carboxylic acids is 1. The predicted octanol–water partition coefficient (Wildman–Crippen LogP) is 3.39. The van der Waals surface area contributed by atoms with Crippen molar-refractivity contribution in [1.82, 2.24) is 9.78 Å². The van der Waals surface area contributed by atoms with Crippen LogP contribution in [-0.2, 0) is 16.7 Å². The third-order valence-corrected chi connectivity index (χ3v) is 5.53. The molecule has 0 unspecified atom stereocenters. The van der Waals surface area contributed by atoms with Gasteiger partial charge in [-0.1, -0.05) is 12.1 Å².